The van der Waals surface area contributed by atoms with E-state index in [0.717, 1.165) is 16.6 Å². The third-order valence-corrected chi connectivity index (χ3v) is 3.20. The van der Waals surface area contributed by atoms with Gasteiger partial charge in [0.25, 0.3) is 0 Å². The molecule has 2 aromatic carbocycles. The van der Waals surface area contributed by atoms with Gasteiger partial charge in [0.05, 0.1) is 6.61 Å². The first kappa shape index (κ1) is 11.1. The van der Waals surface area contributed by atoms with E-state index in [4.69, 9.17) is 5.11 Å². The van der Waals surface area contributed by atoms with Gasteiger partial charge in [0.15, 0.2) is 0 Å². The number of aliphatic hydroxyl groups is 1. The van der Waals surface area contributed by atoms with E-state index in [2.05, 4.69) is 54.4 Å². The zero-order chi connectivity index (χ0) is 12.5. The first-order chi connectivity index (χ1) is 8.76. The number of aromatic amines is 1. The van der Waals surface area contributed by atoms with Crippen LogP contribution in [-0.2, 0) is 6.61 Å². The first-order valence-corrected chi connectivity index (χ1v) is 6.06. The van der Waals surface area contributed by atoms with E-state index < -0.39 is 0 Å². The molecule has 2 heteroatoms. The summed E-state index contributed by atoms with van der Waals surface area (Å²) in [4.78, 5) is 3.19. The Balaban J connectivity index is 2.12. The summed E-state index contributed by atoms with van der Waals surface area (Å²) < 4.78 is 0. The zero-order valence-corrected chi connectivity index (χ0v) is 10.3. The molecule has 0 aliphatic rings. The second kappa shape index (κ2) is 4.31. The van der Waals surface area contributed by atoms with E-state index in [0.29, 0.717) is 0 Å². The van der Waals surface area contributed by atoms with Crippen LogP contribution in [0.25, 0.3) is 22.0 Å². The third-order valence-electron chi connectivity index (χ3n) is 3.20. The Morgan fingerprint density at radius 1 is 1.00 bits per heavy atom. The molecule has 0 amide bonds. The number of hydrogen-bond donors (Lipinski definition) is 2. The molecule has 0 saturated heterocycles. The van der Waals surface area contributed by atoms with Gasteiger partial charge in [0.1, 0.15) is 0 Å². The highest BCUT2D eigenvalue weighted by atomic mass is 16.3. The average molecular weight is 237 g/mol. The van der Waals surface area contributed by atoms with Gasteiger partial charge in [0, 0.05) is 16.6 Å². The minimum Gasteiger partial charge on any atom is -0.390 e. The standard InChI is InChI=1S/C16H15NO/c1-11-3-2-4-12(7-11)13-5-6-16-14(8-13)9-15(10-18)17-16/h2-9,17-18H,10H2,1H3. The zero-order valence-electron chi connectivity index (χ0n) is 10.3. The minimum atomic E-state index is 0.0501. The van der Waals surface area contributed by atoms with Crippen LogP contribution in [0.5, 0.6) is 0 Å². The molecule has 0 aliphatic heterocycles. The van der Waals surface area contributed by atoms with Gasteiger partial charge >= 0.3 is 0 Å². The summed E-state index contributed by atoms with van der Waals surface area (Å²) in [5.74, 6) is 0. The van der Waals surface area contributed by atoms with Crippen molar-refractivity contribution in [1.82, 2.24) is 4.98 Å². The SMILES string of the molecule is Cc1cccc(-c2ccc3[nH]c(CO)cc3c2)c1. The second-order valence-corrected chi connectivity index (χ2v) is 4.62. The largest absolute Gasteiger partial charge is 0.390 e. The Morgan fingerprint density at radius 2 is 1.83 bits per heavy atom. The van der Waals surface area contributed by atoms with E-state index in [1.54, 1.807) is 0 Å². The molecule has 3 rings (SSSR count). The fourth-order valence-corrected chi connectivity index (χ4v) is 2.28. The molecule has 0 bridgehead atoms. The number of aliphatic hydroxyl groups excluding tert-OH is 1. The highest BCUT2D eigenvalue weighted by Crippen LogP contribution is 2.25. The molecule has 2 N–H and O–H groups in total. The predicted molar refractivity (Wildman–Crippen MR) is 74.4 cm³/mol. The maximum atomic E-state index is 9.13. The lowest BCUT2D eigenvalue weighted by Crippen LogP contribution is -1.79. The van der Waals surface area contributed by atoms with E-state index in [-0.39, 0.29) is 6.61 Å². The highest BCUT2D eigenvalue weighted by Gasteiger charge is 2.03. The number of benzene rings is 2. The van der Waals surface area contributed by atoms with Crippen molar-refractivity contribution in [3.63, 3.8) is 0 Å². The number of rotatable bonds is 2. The Kier molecular flexibility index (Phi) is 2.65. The molecule has 0 saturated carbocycles. The molecule has 3 aromatic rings. The van der Waals surface area contributed by atoms with Crippen molar-refractivity contribution in [2.45, 2.75) is 13.5 Å². The van der Waals surface area contributed by atoms with Crippen LogP contribution in [0.15, 0.2) is 48.5 Å². The fourth-order valence-electron chi connectivity index (χ4n) is 2.28. The number of H-pyrrole nitrogens is 1. The molecule has 1 aromatic heterocycles. The van der Waals surface area contributed by atoms with Gasteiger partial charge in [0.2, 0.25) is 0 Å². The summed E-state index contributed by atoms with van der Waals surface area (Å²) in [6.45, 7) is 2.15. The van der Waals surface area contributed by atoms with E-state index in [1.165, 1.54) is 16.7 Å². The smallest absolute Gasteiger partial charge is 0.0831 e. The molecule has 0 spiro atoms. The van der Waals surface area contributed by atoms with E-state index >= 15 is 0 Å². The van der Waals surface area contributed by atoms with Gasteiger partial charge in [-0.2, -0.15) is 0 Å². The van der Waals surface area contributed by atoms with Crippen LogP contribution in [0.4, 0.5) is 0 Å². The summed E-state index contributed by atoms with van der Waals surface area (Å²) in [5, 5.41) is 10.3. The molecule has 0 fully saturated rings. The molecule has 90 valence electrons. The van der Waals surface area contributed by atoms with Crippen LogP contribution in [0.3, 0.4) is 0 Å². The van der Waals surface area contributed by atoms with Crippen molar-refractivity contribution in [2.75, 3.05) is 0 Å². The Morgan fingerprint density at radius 3 is 2.61 bits per heavy atom. The molecule has 18 heavy (non-hydrogen) atoms. The summed E-state index contributed by atoms with van der Waals surface area (Å²) in [6.07, 6.45) is 0. The second-order valence-electron chi connectivity index (χ2n) is 4.62. The van der Waals surface area contributed by atoms with Crippen molar-refractivity contribution < 1.29 is 5.11 Å². The Hall–Kier alpha value is -2.06. The number of aryl methyl sites for hydroxylation is 1. The topological polar surface area (TPSA) is 36.0 Å². The summed E-state index contributed by atoms with van der Waals surface area (Å²) in [5.41, 5.74) is 5.61. The van der Waals surface area contributed by atoms with Crippen molar-refractivity contribution in [3.8, 4) is 11.1 Å². The van der Waals surface area contributed by atoms with Gasteiger partial charge in [-0.05, 0) is 36.2 Å². The maximum Gasteiger partial charge on any atom is 0.0831 e. The molecular formula is C16H15NO. The third kappa shape index (κ3) is 1.91. The van der Waals surface area contributed by atoms with Crippen LogP contribution >= 0.6 is 0 Å². The van der Waals surface area contributed by atoms with Crippen molar-refractivity contribution in [2.24, 2.45) is 0 Å². The Bertz CT molecular complexity index is 697. The fraction of sp³-hybridized carbons (Fsp3) is 0.125. The summed E-state index contributed by atoms with van der Waals surface area (Å²) in [7, 11) is 0. The highest BCUT2D eigenvalue weighted by molar-refractivity contribution is 5.85. The van der Waals surface area contributed by atoms with Gasteiger partial charge in [-0.25, -0.2) is 0 Å². The first-order valence-electron chi connectivity index (χ1n) is 6.06. The average Bonchev–Trinajstić information content (AvgIpc) is 2.80. The Labute approximate surface area is 106 Å². The molecule has 0 unspecified atom stereocenters. The number of nitrogens with one attached hydrogen (secondary N) is 1. The molecule has 2 nitrogen and oxygen atoms in total. The lowest BCUT2D eigenvalue weighted by Gasteiger charge is -2.03. The van der Waals surface area contributed by atoms with Crippen LogP contribution < -0.4 is 0 Å². The lowest BCUT2D eigenvalue weighted by molar-refractivity contribution is 0.278. The summed E-state index contributed by atoms with van der Waals surface area (Å²) in [6, 6.07) is 16.8. The normalized spacial score (nSPS) is 11.0. The van der Waals surface area contributed by atoms with Gasteiger partial charge in [-0.3, -0.25) is 0 Å². The number of fused-ring (bicyclic) bond motifs is 1. The molecule has 1 heterocycles. The maximum absolute atomic E-state index is 9.13. The molecule has 0 atom stereocenters. The molecule has 0 aliphatic carbocycles. The van der Waals surface area contributed by atoms with Gasteiger partial charge in [-0.15, -0.1) is 0 Å². The van der Waals surface area contributed by atoms with E-state index in [9.17, 15) is 0 Å². The predicted octanol–water partition coefficient (Wildman–Crippen LogP) is 3.64. The number of hydrogen-bond acceptors (Lipinski definition) is 1. The van der Waals surface area contributed by atoms with Crippen LogP contribution in [0.2, 0.25) is 0 Å². The molecule has 0 radical (unpaired) electrons. The van der Waals surface area contributed by atoms with Crippen molar-refractivity contribution in [3.05, 3.63) is 59.8 Å². The van der Waals surface area contributed by atoms with Crippen molar-refractivity contribution in [1.29, 1.82) is 0 Å². The lowest BCUT2D eigenvalue weighted by atomic mass is 10.0. The van der Waals surface area contributed by atoms with Crippen LogP contribution in [0.1, 0.15) is 11.3 Å². The quantitative estimate of drug-likeness (QED) is 0.701. The monoisotopic (exact) mass is 237 g/mol. The van der Waals surface area contributed by atoms with Gasteiger partial charge in [-0.1, -0.05) is 35.9 Å². The van der Waals surface area contributed by atoms with Crippen LogP contribution in [-0.4, -0.2) is 10.1 Å². The number of aromatic nitrogens is 1. The van der Waals surface area contributed by atoms with Crippen LogP contribution in [0, 0.1) is 6.92 Å². The van der Waals surface area contributed by atoms with E-state index in [1.807, 2.05) is 6.07 Å². The van der Waals surface area contributed by atoms with Crippen molar-refractivity contribution >= 4 is 10.9 Å². The van der Waals surface area contributed by atoms with Gasteiger partial charge < -0.3 is 10.1 Å². The molecular weight excluding hydrogens is 222 g/mol. The summed E-state index contributed by atoms with van der Waals surface area (Å²) >= 11 is 0. The minimum absolute atomic E-state index is 0.0501.